The van der Waals surface area contributed by atoms with E-state index in [-0.39, 0.29) is 23.3 Å². The highest BCUT2D eigenvalue weighted by Gasteiger charge is 2.31. The van der Waals surface area contributed by atoms with Crippen LogP contribution in [-0.4, -0.2) is 43.2 Å². The molecule has 1 saturated heterocycles. The van der Waals surface area contributed by atoms with Crippen LogP contribution in [0.25, 0.3) is 0 Å². The van der Waals surface area contributed by atoms with Gasteiger partial charge in [-0.1, -0.05) is 19.0 Å². The number of hydrogen-bond acceptors (Lipinski definition) is 5. The fraction of sp³-hybridized carbons (Fsp3) is 0.692. The number of amides is 1. The predicted molar refractivity (Wildman–Crippen MR) is 77.0 cm³/mol. The van der Waals surface area contributed by atoms with E-state index in [1.165, 1.54) is 0 Å². The van der Waals surface area contributed by atoms with Gasteiger partial charge in [-0.05, 0) is 24.7 Å². The standard InChI is InChI=1S/C13H21N3O4S/c1-9(2)5-11-6-12(20-15-11)13(17)16-4-3-10(7-16)8-21(14,18)19/h6,9-10H,3-5,7-8H2,1-2H3,(H2,14,18,19). The van der Waals surface area contributed by atoms with Crippen molar-refractivity contribution >= 4 is 15.9 Å². The van der Waals surface area contributed by atoms with Crippen LogP contribution >= 0.6 is 0 Å². The average molecular weight is 315 g/mol. The van der Waals surface area contributed by atoms with Crippen molar-refractivity contribution in [1.82, 2.24) is 10.1 Å². The molecule has 1 fully saturated rings. The second-order valence-electron chi connectivity index (χ2n) is 6.02. The van der Waals surface area contributed by atoms with Gasteiger partial charge in [0.2, 0.25) is 15.8 Å². The van der Waals surface area contributed by atoms with Crippen molar-refractivity contribution in [3.05, 3.63) is 17.5 Å². The number of likely N-dealkylation sites (tertiary alicyclic amines) is 1. The van der Waals surface area contributed by atoms with Crippen LogP contribution in [0.15, 0.2) is 10.6 Å². The number of sulfonamides is 1. The minimum atomic E-state index is -3.50. The van der Waals surface area contributed by atoms with Crippen molar-refractivity contribution in [1.29, 1.82) is 0 Å². The van der Waals surface area contributed by atoms with Crippen LogP contribution in [0.5, 0.6) is 0 Å². The third kappa shape index (κ3) is 4.53. The van der Waals surface area contributed by atoms with Gasteiger partial charge in [-0.3, -0.25) is 4.79 Å². The van der Waals surface area contributed by atoms with Gasteiger partial charge in [-0.15, -0.1) is 0 Å². The highest BCUT2D eigenvalue weighted by molar-refractivity contribution is 7.89. The first-order valence-corrected chi connectivity index (χ1v) is 8.71. The molecule has 0 aromatic carbocycles. The summed E-state index contributed by atoms with van der Waals surface area (Å²) in [5.41, 5.74) is 0.758. The Bertz CT molecular complexity index is 609. The predicted octanol–water partition coefficient (Wildman–Crippen LogP) is 0.624. The number of rotatable bonds is 5. The van der Waals surface area contributed by atoms with Crippen LogP contribution in [0.4, 0.5) is 0 Å². The lowest BCUT2D eigenvalue weighted by atomic mass is 10.1. The number of nitrogens with two attached hydrogens (primary N) is 1. The number of hydrogen-bond donors (Lipinski definition) is 1. The maximum absolute atomic E-state index is 12.3. The zero-order valence-corrected chi connectivity index (χ0v) is 13.1. The number of primary sulfonamides is 1. The average Bonchev–Trinajstić information content (AvgIpc) is 2.94. The molecule has 1 atom stereocenters. The molecule has 8 heteroatoms. The van der Waals surface area contributed by atoms with E-state index in [2.05, 4.69) is 19.0 Å². The van der Waals surface area contributed by atoms with Crippen LogP contribution in [0.1, 0.15) is 36.5 Å². The van der Waals surface area contributed by atoms with E-state index in [0.29, 0.717) is 25.4 Å². The first-order valence-electron chi connectivity index (χ1n) is 7.00. The largest absolute Gasteiger partial charge is 0.351 e. The molecule has 0 saturated carbocycles. The SMILES string of the molecule is CC(C)Cc1cc(C(=O)N2CCC(CS(N)(=O)=O)C2)on1. The molecule has 1 aromatic heterocycles. The minimum Gasteiger partial charge on any atom is -0.351 e. The summed E-state index contributed by atoms with van der Waals surface area (Å²) in [5, 5.41) is 8.93. The van der Waals surface area contributed by atoms with Crippen molar-refractivity contribution in [2.45, 2.75) is 26.7 Å². The molecule has 118 valence electrons. The molecule has 7 nitrogen and oxygen atoms in total. The Balaban J connectivity index is 1.96. The molecule has 0 bridgehead atoms. The molecule has 2 N–H and O–H groups in total. The van der Waals surface area contributed by atoms with E-state index in [1.54, 1.807) is 11.0 Å². The van der Waals surface area contributed by atoms with Crippen LogP contribution in [0, 0.1) is 11.8 Å². The molecule has 1 amide bonds. The Morgan fingerprint density at radius 3 is 2.90 bits per heavy atom. The molecular formula is C13H21N3O4S. The summed E-state index contributed by atoms with van der Waals surface area (Å²) in [4.78, 5) is 13.9. The summed E-state index contributed by atoms with van der Waals surface area (Å²) in [5.74, 6) is 0.202. The lowest BCUT2D eigenvalue weighted by molar-refractivity contribution is 0.0746. The molecule has 0 radical (unpaired) electrons. The smallest absolute Gasteiger partial charge is 0.292 e. The van der Waals surface area contributed by atoms with Crippen molar-refractivity contribution < 1.29 is 17.7 Å². The summed E-state index contributed by atoms with van der Waals surface area (Å²) in [7, 11) is -3.50. The maximum atomic E-state index is 12.3. The van der Waals surface area contributed by atoms with Crippen molar-refractivity contribution in [2.24, 2.45) is 17.0 Å². The van der Waals surface area contributed by atoms with Gasteiger partial charge in [0.1, 0.15) is 0 Å². The summed E-state index contributed by atoms with van der Waals surface area (Å²) >= 11 is 0. The monoisotopic (exact) mass is 315 g/mol. The van der Waals surface area contributed by atoms with Gasteiger partial charge in [-0.2, -0.15) is 0 Å². The second kappa shape index (κ2) is 6.15. The highest BCUT2D eigenvalue weighted by Crippen LogP contribution is 2.20. The van der Waals surface area contributed by atoms with Gasteiger partial charge in [0, 0.05) is 19.2 Å². The summed E-state index contributed by atoms with van der Waals surface area (Å²) in [6.07, 6.45) is 1.39. The Hall–Kier alpha value is -1.41. The minimum absolute atomic E-state index is 0.0915. The van der Waals surface area contributed by atoms with Crippen molar-refractivity contribution in [3.63, 3.8) is 0 Å². The quantitative estimate of drug-likeness (QED) is 0.857. The third-order valence-corrected chi connectivity index (χ3v) is 4.36. The molecule has 2 heterocycles. The Morgan fingerprint density at radius 1 is 1.57 bits per heavy atom. The molecule has 1 unspecified atom stereocenters. The Morgan fingerprint density at radius 2 is 2.29 bits per heavy atom. The van der Waals surface area contributed by atoms with Crippen molar-refractivity contribution in [2.75, 3.05) is 18.8 Å². The fourth-order valence-corrected chi connectivity index (χ4v) is 3.49. The van der Waals surface area contributed by atoms with Crippen LogP contribution in [0.3, 0.4) is 0 Å². The van der Waals surface area contributed by atoms with E-state index in [4.69, 9.17) is 9.66 Å². The normalized spacial score (nSPS) is 19.4. The third-order valence-electron chi connectivity index (χ3n) is 3.43. The van der Waals surface area contributed by atoms with Gasteiger partial charge in [-0.25, -0.2) is 13.6 Å². The molecule has 0 spiro atoms. The molecule has 1 aliphatic rings. The zero-order valence-electron chi connectivity index (χ0n) is 12.3. The van der Waals surface area contributed by atoms with Gasteiger partial charge in [0.15, 0.2) is 0 Å². The summed E-state index contributed by atoms with van der Waals surface area (Å²) in [6, 6.07) is 1.66. The molecule has 21 heavy (non-hydrogen) atoms. The van der Waals surface area contributed by atoms with Crippen LogP contribution in [0.2, 0.25) is 0 Å². The Kier molecular flexibility index (Phi) is 4.67. The van der Waals surface area contributed by atoms with E-state index in [0.717, 1.165) is 12.1 Å². The first kappa shape index (κ1) is 16.0. The zero-order chi connectivity index (χ0) is 15.6. The molecule has 1 aliphatic heterocycles. The topological polar surface area (TPSA) is 106 Å². The van der Waals surface area contributed by atoms with Gasteiger partial charge in [0.25, 0.3) is 5.91 Å². The molecule has 1 aromatic rings. The van der Waals surface area contributed by atoms with Crippen LogP contribution in [-0.2, 0) is 16.4 Å². The van der Waals surface area contributed by atoms with Gasteiger partial charge < -0.3 is 9.42 Å². The van der Waals surface area contributed by atoms with Gasteiger partial charge >= 0.3 is 0 Å². The number of aromatic nitrogens is 1. The highest BCUT2D eigenvalue weighted by atomic mass is 32.2. The maximum Gasteiger partial charge on any atom is 0.292 e. The Labute approximate surface area is 124 Å². The molecule has 2 rings (SSSR count). The second-order valence-corrected chi connectivity index (χ2v) is 7.67. The number of carbonyl (C=O) groups excluding carboxylic acids is 1. The lowest BCUT2D eigenvalue weighted by Gasteiger charge is -2.14. The van der Waals surface area contributed by atoms with E-state index >= 15 is 0 Å². The van der Waals surface area contributed by atoms with E-state index < -0.39 is 10.0 Å². The van der Waals surface area contributed by atoms with Crippen LogP contribution < -0.4 is 5.14 Å². The molecular weight excluding hydrogens is 294 g/mol. The van der Waals surface area contributed by atoms with Gasteiger partial charge in [0.05, 0.1) is 11.4 Å². The van der Waals surface area contributed by atoms with Crippen molar-refractivity contribution in [3.8, 4) is 0 Å². The van der Waals surface area contributed by atoms with E-state index in [9.17, 15) is 13.2 Å². The number of carbonyl (C=O) groups is 1. The summed E-state index contributed by atoms with van der Waals surface area (Å²) < 4.78 is 27.3. The summed E-state index contributed by atoms with van der Waals surface area (Å²) in [6.45, 7) is 5.03. The van der Waals surface area contributed by atoms with E-state index in [1.807, 2.05) is 0 Å². The molecule has 0 aliphatic carbocycles. The fourth-order valence-electron chi connectivity index (χ4n) is 2.56. The first-order chi connectivity index (χ1) is 9.74. The lowest BCUT2D eigenvalue weighted by Crippen LogP contribution is -2.30. The number of nitrogens with zero attached hydrogens (tertiary/aromatic N) is 2.